The predicted octanol–water partition coefficient (Wildman–Crippen LogP) is 3.46. The van der Waals surface area contributed by atoms with E-state index in [0.717, 1.165) is 25.3 Å². The Morgan fingerprint density at radius 3 is 2.45 bits per heavy atom. The molecule has 0 aliphatic carbocycles. The molecule has 1 N–H and O–H groups in total. The molecule has 114 valence electrons. The van der Waals surface area contributed by atoms with Gasteiger partial charge in [-0.05, 0) is 38.1 Å². The van der Waals surface area contributed by atoms with Crippen molar-refractivity contribution >= 4 is 0 Å². The van der Waals surface area contributed by atoms with Crippen molar-refractivity contribution < 1.29 is 9.84 Å². The molecule has 0 saturated carbocycles. The Labute approximate surface area is 123 Å². The van der Waals surface area contributed by atoms with Crippen molar-refractivity contribution in [1.82, 2.24) is 4.90 Å². The topological polar surface area (TPSA) is 32.7 Å². The standard InChI is InChI=1S/C17H29NO2/c1-4-5-6-7-12-20-17-10-8-16(9-11-17)14-18(3)13-15(2)19/h8-11,15,19H,4-7,12-14H2,1-3H3. The van der Waals surface area contributed by atoms with Crippen LogP contribution in [0.4, 0.5) is 0 Å². The van der Waals surface area contributed by atoms with Crippen molar-refractivity contribution in [2.24, 2.45) is 0 Å². The van der Waals surface area contributed by atoms with Crippen LogP contribution in [0, 0.1) is 0 Å². The molecular formula is C17H29NO2. The van der Waals surface area contributed by atoms with E-state index >= 15 is 0 Å². The summed E-state index contributed by atoms with van der Waals surface area (Å²) in [5, 5.41) is 9.34. The SMILES string of the molecule is CCCCCCOc1ccc(CN(C)CC(C)O)cc1. The third-order valence-electron chi connectivity index (χ3n) is 3.22. The largest absolute Gasteiger partial charge is 0.494 e. The Morgan fingerprint density at radius 1 is 1.15 bits per heavy atom. The first-order valence-electron chi connectivity index (χ1n) is 7.70. The average Bonchev–Trinajstić information content (AvgIpc) is 2.39. The van der Waals surface area contributed by atoms with Crippen molar-refractivity contribution in [1.29, 1.82) is 0 Å². The van der Waals surface area contributed by atoms with Crippen molar-refractivity contribution in [2.75, 3.05) is 20.2 Å². The van der Waals surface area contributed by atoms with E-state index in [9.17, 15) is 5.11 Å². The van der Waals surface area contributed by atoms with Crippen molar-refractivity contribution in [3.63, 3.8) is 0 Å². The maximum Gasteiger partial charge on any atom is 0.119 e. The average molecular weight is 279 g/mol. The summed E-state index contributed by atoms with van der Waals surface area (Å²) in [5.74, 6) is 0.948. The fourth-order valence-corrected chi connectivity index (χ4v) is 2.24. The van der Waals surface area contributed by atoms with Crippen LogP contribution in [0.1, 0.15) is 45.1 Å². The highest BCUT2D eigenvalue weighted by atomic mass is 16.5. The molecule has 1 aromatic carbocycles. The molecule has 0 radical (unpaired) electrons. The molecule has 0 aromatic heterocycles. The molecule has 0 aliphatic rings. The monoisotopic (exact) mass is 279 g/mol. The Balaban J connectivity index is 2.29. The van der Waals surface area contributed by atoms with Crippen molar-refractivity contribution in [2.45, 2.75) is 52.2 Å². The second kappa shape index (κ2) is 9.78. The summed E-state index contributed by atoms with van der Waals surface area (Å²) in [6.07, 6.45) is 4.64. The van der Waals surface area contributed by atoms with Gasteiger partial charge in [0.25, 0.3) is 0 Å². The van der Waals surface area contributed by atoms with Crippen LogP contribution in [0.15, 0.2) is 24.3 Å². The van der Waals surface area contributed by atoms with Gasteiger partial charge in [-0.1, -0.05) is 38.3 Å². The highest BCUT2D eigenvalue weighted by Gasteiger charge is 2.04. The molecule has 1 unspecified atom stereocenters. The fourth-order valence-electron chi connectivity index (χ4n) is 2.24. The number of nitrogens with zero attached hydrogens (tertiary/aromatic N) is 1. The van der Waals surface area contributed by atoms with E-state index in [1.165, 1.54) is 24.8 Å². The van der Waals surface area contributed by atoms with Gasteiger partial charge >= 0.3 is 0 Å². The molecule has 0 aliphatic heterocycles. The van der Waals surface area contributed by atoms with Gasteiger partial charge in [0.05, 0.1) is 12.7 Å². The van der Waals surface area contributed by atoms with E-state index in [2.05, 4.69) is 24.0 Å². The zero-order chi connectivity index (χ0) is 14.8. The molecule has 3 heteroatoms. The van der Waals surface area contributed by atoms with Crippen LogP contribution in [0.2, 0.25) is 0 Å². The summed E-state index contributed by atoms with van der Waals surface area (Å²) in [6.45, 7) is 6.37. The Bertz CT molecular complexity index is 349. The number of hydrogen-bond acceptors (Lipinski definition) is 3. The molecule has 0 saturated heterocycles. The fraction of sp³-hybridized carbons (Fsp3) is 0.647. The lowest BCUT2D eigenvalue weighted by atomic mass is 10.2. The first-order valence-corrected chi connectivity index (χ1v) is 7.70. The minimum atomic E-state index is -0.286. The molecule has 0 heterocycles. The van der Waals surface area contributed by atoms with Gasteiger partial charge in [0, 0.05) is 13.1 Å². The van der Waals surface area contributed by atoms with E-state index in [4.69, 9.17) is 4.74 Å². The lowest BCUT2D eigenvalue weighted by Gasteiger charge is -2.18. The number of rotatable bonds is 10. The zero-order valence-corrected chi connectivity index (χ0v) is 13.1. The quantitative estimate of drug-likeness (QED) is 0.666. The van der Waals surface area contributed by atoms with E-state index in [1.807, 2.05) is 26.1 Å². The molecule has 1 atom stereocenters. The Kier molecular flexibility index (Phi) is 8.31. The minimum absolute atomic E-state index is 0.286. The third kappa shape index (κ3) is 7.51. The van der Waals surface area contributed by atoms with Gasteiger partial charge in [-0.15, -0.1) is 0 Å². The first kappa shape index (κ1) is 17.0. The highest BCUT2D eigenvalue weighted by molar-refractivity contribution is 5.27. The summed E-state index contributed by atoms with van der Waals surface area (Å²) < 4.78 is 5.72. The molecule has 0 bridgehead atoms. The maximum absolute atomic E-state index is 9.34. The second-order valence-electron chi connectivity index (χ2n) is 5.60. The smallest absolute Gasteiger partial charge is 0.119 e. The summed E-state index contributed by atoms with van der Waals surface area (Å²) in [6, 6.07) is 8.26. The summed E-state index contributed by atoms with van der Waals surface area (Å²) in [5.41, 5.74) is 1.24. The summed E-state index contributed by atoms with van der Waals surface area (Å²) in [4.78, 5) is 2.12. The molecular weight excluding hydrogens is 250 g/mol. The van der Waals surface area contributed by atoms with E-state index in [1.54, 1.807) is 0 Å². The normalized spacial score (nSPS) is 12.7. The minimum Gasteiger partial charge on any atom is -0.494 e. The van der Waals surface area contributed by atoms with Gasteiger partial charge in [0.15, 0.2) is 0 Å². The zero-order valence-electron chi connectivity index (χ0n) is 13.1. The van der Waals surface area contributed by atoms with E-state index in [0.29, 0.717) is 6.54 Å². The maximum atomic E-state index is 9.34. The number of hydrogen-bond donors (Lipinski definition) is 1. The van der Waals surface area contributed by atoms with Crippen LogP contribution >= 0.6 is 0 Å². The van der Waals surface area contributed by atoms with Gasteiger partial charge in [-0.3, -0.25) is 4.90 Å². The second-order valence-corrected chi connectivity index (χ2v) is 5.60. The van der Waals surface area contributed by atoms with Crippen molar-refractivity contribution in [3.8, 4) is 5.75 Å². The summed E-state index contributed by atoms with van der Waals surface area (Å²) >= 11 is 0. The van der Waals surface area contributed by atoms with Crippen molar-refractivity contribution in [3.05, 3.63) is 29.8 Å². The van der Waals surface area contributed by atoms with Crippen LogP contribution in [0.25, 0.3) is 0 Å². The summed E-state index contributed by atoms with van der Waals surface area (Å²) in [7, 11) is 2.02. The molecule has 3 nitrogen and oxygen atoms in total. The lowest BCUT2D eigenvalue weighted by molar-refractivity contribution is 0.138. The van der Waals surface area contributed by atoms with Gasteiger partial charge < -0.3 is 9.84 Å². The van der Waals surface area contributed by atoms with Gasteiger partial charge in [0.2, 0.25) is 0 Å². The van der Waals surface area contributed by atoms with Crippen LogP contribution in [0.3, 0.4) is 0 Å². The molecule has 1 aromatic rings. The van der Waals surface area contributed by atoms with Gasteiger partial charge in [-0.2, -0.15) is 0 Å². The molecule has 0 fully saturated rings. The number of aliphatic hydroxyl groups excluding tert-OH is 1. The van der Waals surface area contributed by atoms with Crippen LogP contribution in [-0.4, -0.2) is 36.3 Å². The number of ether oxygens (including phenoxy) is 1. The van der Waals surface area contributed by atoms with Gasteiger partial charge in [-0.25, -0.2) is 0 Å². The number of unbranched alkanes of at least 4 members (excludes halogenated alkanes) is 3. The molecule has 0 amide bonds. The van der Waals surface area contributed by atoms with Crippen LogP contribution in [0.5, 0.6) is 5.75 Å². The third-order valence-corrected chi connectivity index (χ3v) is 3.22. The number of benzene rings is 1. The Morgan fingerprint density at radius 2 is 1.85 bits per heavy atom. The molecule has 0 spiro atoms. The van der Waals surface area contributed by atoms with Gasteiger partial charge in [0.1, 0.15) is 5.75 Å². The Hall–Kier alpha value is -1.06. The van der Waals surface area contributed by atoms with E-state index < -0.39 is 0 Å². The first-order chi connectivity index (χ1) is 9.61. The number of aliphatic hydroxyl groups is 1. The molecule has 1 rings (SSSR count). The highest BCUT2D eigenvalue weighted by Crippen LogP contribution is 2.14. The number of likely N-dealkylation sites (N-methyl/N-ethyl adjacent to an activating group) is 1. The predicted molar refractivity (Wildman–Crippen MR) is 84.1 cm³/mol. The van der Waals surface area contributed by atoms with Crippen LogP contribution < -0.4 is 4.74 Å². The molecule has 20 heavy (non-hydrogen) atoms. The van der Waals surface area contributed by atoms with Crippen LogP contribution in [-0.2, 0) is 6.54 Å². The lowest BCUT2D eigenvalue weighted by Crippen LogP contribution is -2.26. The van der Waals surface area contributed by atoms with E-state index in [-0.39, 0.29) is 6.10 Å².